The summed E-state index contributed by atoms with van der Waals surface area (Å²) in [7, 11) is -2.03. The first-order chi connectivity index (χ1) is 10.9. The van der Waals surface area contributed by atoms with E-state index in [0.717, 1.165) is 0 Å². The Morgan fingerprint density at radius 3 is 2.22 bits per heavy atom. The molecule has 2 aromatic carbocycles. The molecule has 0 aliphatic heterocycles. The van der Waals surface area contributed by atoms with Crippen LogP contribution in [0.1, 0.15) is 15.9 Å². The maximum Gasteiger partial charge on any atom is 0.338 e. The van der Waals surface area contributed by atoms with E-state index < -0.39 is 13.3 Å². The fourth-order valence-electron chi connectivity index (χ4n) is 1.83. The summed E-state index contributed by atoms with van der Waals surface area (Å²) in [6.45, 7) is 0. The molecule has 2 rings (SSSR count). The monoisotopic (exact) mass is 368 g/mol. The van der Waals surface area contributed by atoms with Crippen LogP contribution >= 0.6 is 30.6 Å². The lowest BCUT2D eigenvalue weighted by molar-refractivity contribution is 0.0697. The van der Waals surface area contributed by atoms with Gasteiger partial charge in [0.05, 0.1) is 15.6 Å². The number of carboxylic acid groups (broad SMARTS) is 1. The number of benzene rings is 2. The van der Waals surface area contributed by atoms with Gasteiger partial charge in [-0.25, -0.2) is 4.79 Å². The number of hydrogen-bond donors (Lipinski definition) is 1. The van der Waals surface area contributed by atoms with Crippen LogP contribution in [0, 0.1) is 11.6 Å². The molecule has 4 nitrogen and oxygen atoms in total. The first-order valence-corrected chi connectivity index (χ1v) is 8.72. The third-order valence-corrected chi connectivity index (χ3v) is 5.45. The van der Waals surface area contributed by atoms with Crippen LogP contribution in [0.25, 0.3) is 0 Å². The Kier molecular flexibility index (Phi) is 5.51. The lowest BCUT2D eigenvalue weighted by Crippen LogP contribution is -2.03. The smallest absolute Gasteiger partial charge is 0.338 e. The van der Waals surface area contributed by atoms with Gasteiger partial charge in [-0.3, -0.25) is 4.57 Å². The van der Waals surface area contributed by atoms with Crippen LogP contribution in [0.15, 0.2) is 42.5 Å². The van der Waals surface area contributed by atoms with Gasteiger partial charge in [-0.1, -0.05) is 47.3 Å². The highest BCUT2D eigenvalue weighted by molar-refractivity contribution is 7.71. The molecule has 0 heterocycles. The van der Waals surface area contributed by atoms with Crippen molar-refractivity contribution in [2.24, 2.45) is 0 Å². The van der Waals surface area contributed by atoms with E-state index in [0.29, 0.717) is 10.9 Å². The van der Waals surface area contributed by atoms with E-state index in [1.807, 2.05) is 0 Å². The van der Waals surface area contributed by atoms with Crippen molar-refractivity contribution in [2.75, 3.05) is 7.11 Å². The van der Waals surface area contributed by atoms with Crippen LogP contribution in [0.3, 0.4) is 0 Å². The fourth-order valence-corrected chi connectivity index (χ4v) is 3.75. The van der Waals surface area contributed by atoms with Gasteiger partial charge in [-0.2, -0.15) is 0 Å². The van der Waals surface area contributed by atoms with Crippen molar-refractivity contribution in [3.8, 4) is 11.6 Å². The summed E-state index contributed by atoms with van der Waals surface area (Å²) in [5.74, 6) is 1.45. The molecule has 0 saturated carbocycles. The second kappa shape index (κ2) is 7.21. The summed E-state index contributed by atoms with van der Waals surface area (Å²) in [5, 5.41) is 9.40. The minimum absolute atomic E-state index is 0.0405. The van der Waals surface area contributed by atoms with Gasteiger partial charge < -0.3 is 9.63 Å². The molecule has 0 aliphatic rings. The largest absolute Gasteiger partial charge is 0.478 e. The van der Waals surface area contributed by atoms with Gasteiger partial charge in [0.2, 0.25) is 0 Å². The molecule has 1 N–H and O–H groups in total. The Labute approximate surface area is 143 Å². The summed E-state index contributed by atoms with van der Waals surface area (Å²) < 4.78 is 17.8. The zero-order valence-corrected chi connectivity index (χ0v) is 14.3. The summed E-state index contributed by atoms with van der Waals surface area (Å²) in [6, 6.07) is 11.3. The van der Waals surface area contributed by atoms with Crippen LogP contribution in [0.5, 0.6) is 0 Å². The predicted molar refractivity (Wildman–Crippen MR) is 91.0 cm³/mol. The third-order valence-electron chi connectivity index (χ3n) is 2.96. The number of halogens is 2. The van der Waals surface area contributed by atoms with Crippen molar-refractivity contribution in [1.82, 2.24) is 0 Å². The fraction of sp³-hybridized carbons (Fsp3) is 0.0625. The Bertz CT molecular complexity index is 830. The quantitative estimate of drug-likeness (QED) is 0.649. The molecule has 0 spiro atoms. The topological polar surface area (TPSA) is 63.6 Å². The average molecular weight is 369 g/mol. The first-order valence-electron chi connectivity index (χ1n) is 6.34. The van der Waals surface area contributed by atoms with E-state index in [1.165, 1.54) is 19.2 Å². The van der Waals surface area contributed by atoms with Crippen molar-refractivity contribution in [1.29, 1.82) is 0 Å². The second-order valence-electron chi connectivity index (χ2n) is 4.43. The molecule has 1 atom stereocenters. The number of hydrogen-bond acceptors (Lipinski definition) is 3. The first kappa shape index (κ1) is 17.6. The Hall–Kier alpha value is -1.76. The SMILES string of the molecule is COP(=O)(C#Cc1cc(Cl)c(C(=O)O)c(Cl)c1)c1ccccc1. The zero-order valence-electron chi connectivity index (χ0n) is 11.9. The molecule has 0 radical (unpaired) electrons. The van der Waals surface area contributed by atoms with Crippen molar-refractivity contribution < 1.29 is 19.0 Å². The molecule has 1 unspecified atom stereocenters. The molecule has 118 valence electrons. The Morgan fingerprint density at radius 1 is 1.17 bits per heavy atom. The summed E-state index contributed by atoms with van der Waals surface area (Å²) in [4.78, 5) is 11.0. The molecule has 0 fully saturated rings. The van der Waals surface area contributed by atoms with E-state index in [4.69, 9.17) is 32.8 Å². The molecule has 0 aliphatic carbocycles. The minimum Gasteiger partial charge on any atom is -0.478 e. The van der Waals surface area contributed by atoms with Gasteiger partial charge in [0.15, 0.2) is 0 Å². The van der Waals surface area contributed by atoms with Crippen molar-refractivity contribution in [3.63, 3.8) is 0 Å². The van der Waals surface area contributed by atoms with E-state index in [1.54, 1.807) is 30.3 Å². The highest BCUT2D eigenvalue weighted by atomic mass is 35.5. The van der Waals surface area contributed by atoms with Gasteiger partial charge in [-0.15, -0.1) is 0 Å². The van der Waals surface area contributed by atoms with Crippen LogP contribution in [0.4, 0.5) is 0 Å². The van der Waals surface area contributed by atoms with Crippen LogP contribution in [-0.2, 0) is 9.09 Å². The highest BCUT2D eigenvalue weighted by Crippen LogP contribution is 2.43. The van der Waals surface area contributed by atoms with Crippen molar-refractivity contribution >= 4 is 41.8 Å². The highest BCUT2D eigenvalue weighted by Gasteiger charge is 2.21. The lowest BCUT2D eigenvalue weighted by Gasteiger charge is -2.09. The number of aromatic carboxylic acids is 1. The van der Waals surface area contributed by atoms with Crippen molar-refractivity contribution in [3.05, 3.63) is 63.6 Å². The second-order valence-corrected chi connectivity index (χ2v) is 7.45. The number of carboxylic acids is 1. The van der Waals surface area contributed by atoms with Crippen LogP contribution < -0.4 is 5.30 Å². The van der Waals surface area contributed by atoms with Crippen LogP contribution in [0.2, 0.25) is 10.0 Å². The van der Waals surface area contributed by atoms with E-state index in [2.05, 4.69) is 11.6 Å². The lowest BCUT2D eigenvalue weighted by atomic mass is 10.1. The van der Waals surface area contributed by atoms with Gasteiger partial charge in [0.1, 0.15) is 0 Å². The Morgan fingerprint density at radius 2 is 1.74 bits per heavy atom. The predicted octanol–water partition coefficient (Wildman–Crippen LogP) is 4.25. The third kappa shape index (κ3) is 3.96. The number of rotatable bonds is 3. The van der Waals surface area contributed by atoms with Gasteiger partial charge in [-0.05, 0) is 29.9 Å². The molecule has 0 amide bonds. The molecule has 7 heteroatoms. The average Bonchev–Trinajstić information content (AvgIpc) is 2.52. The van der Waals surface area contributed by atoms with Crippen LogP contribution in [-0.4, -0.2) is 18.2 Å². The molecule has 0 aromatic heterocycles. The molecule has 23 heavy (non-hydrogen) atoms. The minimum atomic E-state index is -3.34. The maximum atomic E-state index is 12.7. The summed E-state index contributed by atoms with van der Waals surface area (Å²) in [6.07, 6.45) is 0. The summed E-state index contributed by atoms with van der Waals surface area (Å²) in [5.41, 5.74) is 2.75. The van der Waals surface area contributed by atoms with Crippen molar-refractivity contribution in [2.45, 2.75) is 0 Å². The normalized spacial score (nSPS) is 12.8. The zero-order chi connectivity index (χ0) is 17.0. The van der Waals surface area contributed by atoms with Gasteiger partial charge in [0.25, 0.3) is 0 Å². The molecular weight excluding hydrogens is 358 g/mol. The maximum absolute atomic E-state index is 12.7. The standard InChI is InChI=1S/C16H11Cl2O4P/c1-22-23(21,12-5-3-2-4-6-12)8-7-11-9-13(17)15(16(19)20)14(18)10-11/h2-6,9-10H,1H3,(H,19,20). The van der Waals surface area contributed by atoms with Gasteiger partial charge >= 0.3 is 13.3 Å². The summed E-state index contributed by atoms with van der Waals surface area (Å²) >= 11 is 11.8. The molecule has 0 bridgehead atoms. The van der Waals surface area contributed by atoms with Gasteiger partial charge in [0, 0.05) is 18.0 Å². The molecule has 0 saturated heterocycles. The number of carbonyl (C=O) groups is 1. The molecular formula is C16H11Cl2O4P. The Balaban J connectivity index is 2.46. The van der Waals surface area contributed by atoms with E-state index in [9.17, 15) is 9.36 Å². The van der Waals surface area contributed by atoms with E-state index >= 15 is 0 Å². The molecule has 2 aromatic rings. The van der Waals surface area contributed by atoms with E-state index in [-0.39, 0.29) is 15.6 Å².